The fourth-order valence-electron chi connectivity index (χ4n) is 17.7. The summed E-state index contributed by atoms with van der Waals surface area (Å²) in [6.07, 6.45) is -31.5. The van der Waals surface area contributed by atoms with E-state index in [0.29, 0.717) is 32.1 Å². The number of allylic oxidation sites excluding steroid dienone is 1. The fraction of sp³-hybridized carbons (Fsp3) is 0.968. The van der Waals surface area contributed by atoms with E-state index in [-0.39, 0.29) is 54.0 Å². The molecule has 4 aliphatic heterocycles. The first-order valence-electron chi connectivity index (χ1n) is 32.2. The number of rotatable bonds is 20. The Morgan fingerprint density at radius 2 is 1.10 bits per heavy atom. The highest BCUT2D eigenvalue weighted by atomic mass is 16.8. The van der Waals surface area contributed by atoms with E-state index in [0.717, 1.165) is 18.4 Å². The average molecular weight is 1280 g/mol. The SMILES string of the molecule is C[C@@H]1[C@@H](CO)C[C@@H](OC[C@H]2O[C@@H](O[C@H](CC[C@@H](C)[C@H]3CC[C@@]4(C)[C@@H]5CC=C6[C@@H](CC[C@H](O[C@@H]7O[C@H](CO[C@@H]8O[C@H](CO)[C@@H](O)[C@H](O)[C@H]8O)[C@@H](O)[C@H](O)[C@H]7O)C6(C)C)[C@]5(C)[C@H](O)C[C@]34C)C(C)(C)O)[C@H](O[C@@H]3O[C@H](CO)[C@@H](O)[C@H](O)[C@H]3O)[C@@H](O)[C@@H]2O)[C@H](O)[C@H]1O. The second kappa shape index (κ2) is 27.6. The van der Waals surface area contributed by atoms with Gasteiger partial charge in [0.15, 0.2) is 25.2 Å². The van der Waals surface area contributed by atoms with Crippen LogP contribution < -0.4 is 0 Å². The maximum Gasteiger partial charge on any atom is 0.187 e. The van der Waals surface area contributed by atoms with E-state index in [1.807, 2.05) is 0 Å². The van der Waals surface area contributed by atoms with Crippen molar-refractivity contribution in [2.24, 2.45) is 57.2 Å². The number of aliphatic hydroxyl groups is 18. The zero-order valence-corrected chi connectivity index (χ0v) is 52.7. The summed E-state index contributed by atoms with van der Waals surface area (Å²) in [5.41, 5.74) is -2.35. The summed E-state index contributed by atoms with van der Waals surface area (Å²) in [7, 11) is 0. The van der Waals surface area contributed by atoms with Gasteiger partial charge >= 0.3 is 0 Å². The third kappa shape index (κ3) is 13.1. The lowest BCUT2D eigenvalue weighted by molar-refractivity contribution is -0.377. The van der Waals surface area contributed by atoms with Gasteiger partial charge in [-0.25, -0.2) is 0 Å². The van der Waals surface area contributed by atoms with Crippen LogP contribution in [0.25, 0.3) is 0 Å². The normalized spacial score (nSPS) is 51.8. The zero-order valence-electron chi connectivity index (χ0n) is 52.7. The molecule has 27 nitrogen and oxygen atoms in total. The van der Waals surface area contributed by atoms with Gasteiger partial charge in [0, 0.05) is 17.4 Å². The molecule has 9 rings (SSSR count). The minimum Gasteiger partial charge on any atom is -0.396 e. The van der Waals surface area contributed by atoms with Gasteiger partial charge in [-0.15, -0.1) is 0 Å². The second-order valence-electron chi connectivity index (χ2n) is 29.6. The number of ether oxygens (including phenoxy) is 9. The Hall–Kier alpha value is -1.34. The highest BCUT2D eigenvalue weighted by Crippen LogP contribution is 2.75. The first kappa shape index (κ1) is 71.9. The van der Waals surface area contributed by atoms with Crippen molar-refractivity contribution in [3.8, 4) is 0 Å². The van der Waals surface area contributed by atoms with Crippen LogP contribution in [0.3, 0.4) is 0 Å². The van der Waals surface area contributed by atoms with Gasteiger partial charge in [0.2, 0.25) is 0 Å². The van der Waals surface area contributed by atoms with E-state index in [4.69, 9.17) is 42.6 Å². The van der Waals surface area contributed by atoms with E-state index in [2.05, 4.69) is 47.6 Å². The number of hydrogen-bond donors (Lipinski definition) is 18. The Kier molecular flexibility index (Phi) is 22.3. The Morgan fingerprint density at radius 3 is 1.69 bits per heavy atom. The van der Waals surface area contributed by atoms with E-state index >= 15 is 0 Å². The number of aliphatic hydroxyl groups excluding tert-OH is 17. The first-order chi connectivity index (χ1) is 41.6. The molecule has 0 unspecified atom stereocenters. The van der Waals surface area contributed by atoms with Crippen molar-refractivity contribution in [3.05, 3.63) is 11.6 Å². The van der Waals surface area contributed by atoms with Gasteiger partial charge in [0.1, 0.15) is 104 Å². The molecular formula is C62H106O27. The van der Waals surface area contributed by atoms with E-state index < -0.39 is 214 Å². The first-order valence-corrected chi connectivity index (χ1v) is 32.2. The van der Waals surface area contributed by atoms with Gasteiger partial charge in [0.25, 0.3) is 0 Å². The molecule has 0 aromatic carbocycles. The molecule has 0 spiro atoms. The lowest BCUT2D eigenvalue weighted by Gasteiger charge is -2.67. The Balaban J connectivity index is 0.883. The molecule has 0 radical (unpaired) electrons. The van der Waals surface area contributed by atoms with E-state index in [9.17, 15) is 91.9 Å². The molecule has 35 atom stereocenters. The molecule has 4 heterocycles. The topological polar surface area (TPSA) is 447 Å². The highest BCUT2D eigenvalue weighted by molar-refractivity contribution is 5.32. The molecule has 18 N–H and O–H groups in total. The van der Waals surface area contributed by atoms with Crippen molar-refractivity contribution < 1.29 is 135 Å². The summed E-state index contributed by atoms with van der Waals surface area (Å²) in [6.45, 7) is 15.2. The van der Waals surface area contributed by atoms with Gasteiger partial charge in [-0.2, -0.15) is 0 Å². The number of hydrogen-bond acceptors (Lipinski definition) is 27. The van der Waals surface area contributed by atoms with E-state index in [1.165, 1.54) is 0 Å². The maximum absolute atomic E-state index is 12.9. The molecule has 4 saturated carbocycles. The van der Waals surface area contributed by atoms with Crippen LogP contribution in [0.5, 0.6) is 0 Å². The van der Waals surface area contributed by atoms with Gasteiger partial charge < -0.3 is 135 Å². The monoisotopic (exact) mass is 1280 g/mol. The van der Waals surface area contributed by atoms with Crippen molar-refractivity contribution in [2.45, 2.75) is 285 Å². The average Bonchev–Trinajstić information content (AvgIpc) is 1.66. The van der Waals surface area contributed by atoms with Crippen LogP contribution in [0, 0.1) is 57.2 Å². The molecule has 0 amide bonds. The lowest BCUT2D eigenvalue weighted by Crippen LogP contribution is -2.65. The smallest absolute Gasteiger partial charge is 0.187 e. The minimum absolute atomic E-state index is 0.00587. The van der Waals surface area contributed by atoms with Crippen LogP contribution >= 0.6 is 0 Å². The van der Waals surface area contributed by atoms with Crippen LogP contribution in [-0.4, -0.2) is 290 Å². The molecule has 8 fully saturated rings. The summed E-state index contributed by atoms with van der Waals surface area (Å²) in [5, 5.41) is 196. The van der Waals surface area contributed by atoms with Crippen molar-refractivity contribution >= 4 is 0 Å². The van der Waals surface area contributed by atoms with Crippen LogP contribution in [0.4, 0.5) is 0 Å². The van der Waals surface area contributed by atoms with Crippen LogP contribution in [0.1, 0.15) is 120 Å². The molecule has 89 heavy (non-hydrogen) atoms. The Bertz CT molecular complexity index is 2340. The summed E-state index contributed by atoms with van der Waals surface area (Å²) < 4.78 is 54.5. The quantitative estimate of drug-likeness (QED) is 0.0527. The second-order valence-corrected chi connectivity index (χ2v) is 29.6. The van der Waals surface area contributed by atoms with Gasteiger partial charge in [-0.3, -0.25) is 0 Å². The molecule has 5 aliphatic carbocycles. The molecular weight excluding hydrogens is 1180 g/mol. The van der Waals surface area contributed by atoms with Crippen LogP contribution in [-0.2, 0) is 42.6 Å². The summed E-state index contributed by atoms with van der Waals surface area (Å²) in [5.74, 6) is -0.794. The van der Waals surface area contributed by atoms with Gasteiger partial charge in [0.05, 0.1) is 62.5 Å². The third-order valence-corrected chi connectivity index (χ3v) is 23.9. The van der Waals surface area contributed by atoms with Crippen molar-refractivity contribution in [3.63, 3.8) is 0 Å². The van der Waals surface area contributed by atoms with Crippen molar-refractivity contribution in [1.29, 1.82) is 0 Å². The molecule has 0 aromatic rings. The predicted molar refractivity (Wildman–Crippen MR) is 307 cm³/mol. The number of fused-ring (bicyclic) bond motifs is 5. The molecule has 516 valence electrons. The lowest BCUT2D eigenvalue weighted by atomic mass is 9.38. The molecule has 27 heteroatoms. The third-order valence-electron chi connectivity index (χ3n) is 23.9. The molecule has 9 aliphatic rings. The van der Waals surface area contributed by atoms with Gasteiger partial charge in [-0.1, -0.05) is 60.1 Å². The van der Waals surface area contributed by atoms with Crippen LogP contribution in [0.15, 0.2) is 11.6 Å². The predicted octanol–water partition coefficient (Wildman–Crippen LogP) is -3.47. The standard InChI is InChI=1S/C62H106O27/c1-25(10-14-39(59(5,6)80)88-57-53(89-56-52(79)47(74)43(70)33(22-65)84-56)49(76)45(72)34(86-57)23-81-31-18-27(20-63)26(2)40(67)41(31)68)28-16-17-60(7)36-13-11-29-30(62(36,9)37(66)19-61(28,60)8)12-15-38(58(29,3)4)87-55-51(78)48(75)44(71)35(85-55)24-82-54-50(77)46(73)42(69)32(21-64)83-54/h11,25-28,30-57,63-80H,10,12-24H2,1-9H3/t25-,26-,27-,28-,30-,31-,32-,33-,34-,35-,36+,37-,38+,39-,40+,41+,42-,43-,44-,45-,46+,47+,48+,49+,50-,51-,52-,53-,54-,55+,56+,57+,60+,61-,62+/m1/s1. The molecule has 0 aromatic heterocycles. The maximum atomic E-state index is 12.9. The van der Waals surface area contributed by atoms with Crippen LogP contribution in [0.2, 0.25) is 0 Å². The molecule has 4 saturated heterocycles. The Labute approximate surface area is 520 Å². The molecule has 0 bridgehead atoms. The zero-order chi connectivity index (χ0) is 65.5. The summed E-state index contributed by atoms with van der Waals surface area (Å²) in [4.78, 5) is 0. The minimum atomic E-state index is -1.91. The Morgan fingerprint density at radius 1 is 0.573 bits per heavy atom. The fourth-order valence-corrected chi connectivity index (χ4v) is 17.7. The highest BCUT2D eigenvalue weighted by Gasteiger charge is 2.70. The largest absolute Gasteiger partial charge is 0.396 e. The summed E-state index contributed by atoms with van der Waals surface area (Å²) in [6, 6.07) is 0. The van der Waals surface area contributed by atoms with Crippen molar-refractivity contribution in [1.82, 2.24) is 0 Å². The van der Waals surface area contributed by atoms with Crippen molar-refractivity contribution in [2.75, 3.05) is 33.0 Å². The van der Waals surface area contributed by atoms with E-state index in [1.54, 1.807) is 20.8 Å². The summed E-state index contributed by atoms with van der Waals surface area (Å²) >= 11 is 0. The van der Waals surface area contributed by atoms with Gasteiger partial charge in [-0.05, 0) is 118 Å².